The summed E-state index contributed by atoms with van der Waals surface area (Å²) in [5.41, 5.74) is 1.52. The van der Waals surface area contributed by atoms with Crippen LogP contribution in [0.3, 0.4) is 0 Å². The topological polar surface area (TPSA) is 90.9 Å². The summed E-state index contributed by atoms with van der Waals surface area (Å²) >= 11 is 0. The largest absolute Gasteiger partial charge is 0.331 e. The second kappa shape index (κ2) is 8.20. The number of para-hydroxylation sites is 2. The van der Waals surface area contributed by atoms with Crippen LogP contribution in [0.25, 0.3) is 11.0 Å². The first-order chi connectivity index (χ1) is 14.6. The second-order valence-electron chi connectivity index (χ2n) is 6.85. The molecule has 30 heavy (non-hydrogen) atoms. The molecular formula is C22H21N5O3. The third-order valence-corrected chi connectivity index (χ3v) is 4.86. The van der Waals surface area contributed by atoms with Crippen LogP contribution in [-0.2, 0) is 24.4 Å². The molecule has 1 N–H and O–H groups in total. The monoisotopic (exact) mass is 403 g/mol. The van der Waals surface area contributed by atoms with Crippen LogP contribution in [0.5, 0.6) is 0 Å². The van der Waals surface area contributed by atoms with Gasteiger partial charge in [0.15, 0.2) is 0 Å². The van der Waals surface area contributed by atoms with Gasteiger partial charge < -0.3 is 4.57 Å². The number of carbonyl (C=O) groups is 1. The predicted octanol–water partition coefficient (Wildman–Crippen LogP) is 2.07. The maximum atomic E-state index is 12.8. The molecule has 8 nitrogen and oxygen atoms in total. The van der Waals surface area contributed by atoms with Crippen LogP contribution in [0.15, 0.2) is 76.4 Å². The van der Waals surface area contributed by atoms with Crippen LogP contribution in [0.4, 0.5) is 5.95 Å². The van der Waals surface area contributed by atoms with E-state index in [9.17, 15) is 14.4 Å². The van der Waals surface area contributed by atoms with Gasteiger partial charge in [-0.1, -0.05) is 42.5 Å². The van der Waals surface area contributed by atoms with Crippen molar-refractivity contribution in [3.05, 3.63) is 93.3 Å². The number of rotatable bonds is 6. The molecule has 0 saturated carbocycles. The van der Waals surface area contributed by atoms with Crippen LogP contribution < -0.4 is 16.6 Å². The van der Waals surface area contributed by atoms with Gasteiger partial charge in [0.25, 0.3) is 5.56 Å². The van der Waals surface area contributed by atoms with Gasteiger partial charge in [-0.25, -0.2) is 9.78 Å². The Balaban J connectivity index is 1.59. The minimum Gasteiger partial charge on any atom is -0.310 e. The molecule has 0 unspecified atom stereocenters. The molecule has 0 radical (unpaired) electrons. The molecule has 0 saturated heterocycles. The molecule has 4 rings (SSSR count). The van der Waals surface area contributed by atoms with Crippen LogP contribution in [0.1, 0.15) is 12.5 Å². The van der Waals surface area contributed by atoms with E-state index in [1.807, 2.05) is 66.1 Å². The number of nitrogens with zero attached hydrogens (tertiary/aromatic N) is 4. The van der Waals surface area contributed by atoms with Gasteiger partial charge in [-0.3, -0.25) is 24.0 Å². The predicted molar refractivity (Wildman–Crippen MR) is 115 cm³/mol. The highest BCUT2D eigenvalue weighted by molar-refractivity contribution is 5.91. The minimum absolute atomic E-state index is 0.313. The first-order valence-electron chi connectivity index (χ1n) is 9.66. The van der Waals surface area contributed by atoms with E-state index in [1.165, 1.54) is 16.8 Å². The molecule has 0 bridgehead atoms. The van der Waals surface area contributed by atoms with Gasteiger partial charge in [0.2, 0.25) is 11.9 Å². The lowest BCUT2D eigenvalue weighted by Crippen LogP contribution is -2.42. The number of amides is 1. The summed E-state index contributed by atoms with van der Waals surface area (Å²) in [5.74, 6) is -0.103. The molecule has 0 aliphatic rings. The van der Waals surface area contributed by atoms with Crippen LogP contribution >= 0.6 is 0 Å². The van der Waals surface area contributed by atoms with Gasteiger partial charge >= 0.3 is 5.69 Å². The smallest absolute Gasteiger partial charge is 0.310 e. The number of hydrogen-bond acceptors (Lipinski definition) is 4. The number of aryl methyl sites for hydroxylation is 1. The second-order valence-corrected chi connectivity index (χ2v) is 6.85. The first kappa shape index (κ1) is 19.4. The molecule has 2 aromatic heterocycles. The lowest BCUT2D eigenvalue weighted by molar-refractivity contribution is -0.116. The molecule has 0 fully saturated rings. The molecule has 1 amide bonds. The molecule has 152 valence electrons. The van der Waals surface area contributed by atoms with Gasteiger partial charge in [0, 0.05) is 18.8 Å². The molecule has 2 heterocycles. The van der Waals surface area contributed by atoms with Crippen molar-refractivity contribution in [1.29, 1.82) is 0 Å². The van der Waals surface area contributed by atoms with E-state index < -0.39 is 17.2 Å². The van der Waals surface area contributed by atoms with Gasteiger partial charge in [-0.2, -0.15) is 0 Å². The number of fused-ring (bicyclic) bond motifs is 1. The highest BCUT2D eigenvalue weighted by atomic mass is 16.2. The zero-order chi connectivity index (χ0) is 21.1. The fourth-order valence-corrected chi connectivity index (χ4v) is 3.40. The number of imidazole rings is 1. The average Bonchev–Trinajstić information content (AvgIpc) is 3.10. The van der Waals surface area contributed by atoms with Crippen molar-refractivity contribution in [2.45, 2.75) is 26.6 Å². The van der Waals surface area contributed by atoms with Crippen molar-refractivity contribution in [3.8, 4) is 0 Å². The molecule has 0 spiro atoms. The SMILES string of the molecule is CCn1c(NC(=O)Cn2c(=O)ccn(Cc3ccccc3)c2=O)nc2ccccc21. The zero-order valence-electron chi connectivity index (χ0n) is 16.5. The Morgan fingerprint density at radius 2 is 1.70 bits per heavy atom. The Morgan fingerprint density at radius 1 is 0.967 bits per heavy atom. The lowest BCUT2D eigenvalue weighted by atomic mass is 10.2. The lowest BCUT2D eigenvalue weighted by Gasteiger charge is -2.11. The number of nitrogens with one attached hydrogen (secondary N) is 1. The Morgan fingerprint density at radius 3 is 2.47 bits per heavy atom. The third kappa shape index (κ3) is 3.80. The number of benzene rings is 2. The number of carbonyl (C=O) groups excluding carboxylic acids is 1. The quantitative estimate of drug-likeness (QED) is 0.534. The minimum atomic E-state index is -0.537. The molecule has 0 atom stereocenters. The molecule has 0 aliphatic carbocycles. The molecule has 4 aromatic rings. The summed E-state index contributed by atoms with van der Waals surface area (Å²) in [7, 11) is 0. The Hall–Kier alpha value is -3.94. The summed E-state index contributed by atoms with van der Waals surface area (Å²) in [4.78, 5) is 42.1. The Bertz CT molecular complexity index is 1320. The summed E-state index contributed by atoms with van der Waals surface area (Å²) < 4.78 is 4.21. The van der Waals surface area contributed by atoms with Gasteiger partial charge in [0.05, 0.1) is 17.6 Å². The van der Waals surface area contributed by atoms with Gasteiger partial charge in [-0.15, -0.1) is 0 Å². The third-order valence-electron chi connectivity index (χ3n) is 4.86. The Kier molecular flexibility index (Phi) is 5.30. The molecule has 8 heteroatoms. The van der Waals surface area contributed by atoms with Crippen molar-refractivity contribution < 1.29 is 4.79 Å². The summed E-state index contributed by atoms with van der Waals surface area (Å²) in [6.07, 6.45) is 1.45. The maximum absolute atomic E-state index is 12.8. The van der Waals surface area contributed by atoms with Crippen molar-refractivity contribution >= 4 is 22.9 Å². The molecule has 0 aliphatic heterocycles. The summed E-state index contributed by atoms with van der Waals surface area (Å²) in [6.45, 7) is 2.49. The zero-order valence-corrected chi connectivity index (χ0v) is 16.5. The summed E-state index contributed by atoms with van der Waals surface area (Å²) in [5, 5.41) is 2.73. The van der Waals surface area contributed by atoms with E-state index in [0.29, 0.717) is 19.0 Å². The van der Waals surface area contributed by atoms with E-state index in [4.69, 9.17) is 0 Å². The first-order valence-corrected chi connectivity index (χ1v) is 9.66. The number of aromatic nitrogens is 4. The highest BCUT2D eigenvalue weighted by Gasteiger charge is 2.15. The van der Waals surface area contributed by atoms with Gasteiger partial charge in [-0.05, 0) is 24.6 Å². The van der Waals surface area contributed by atoms with Gasteiger partial charge in [0.1, 0.15) is 6.54 Å². The van der Waals surface area contributed by atoms with E-state index in [0.717, 1.165) is 21.2 Å². The highest BCUT2D eigenvalue weighted by Crippen LogP contribution is 2.19. The van der Waals surface area contributed by atoms with E-state index in [1.54, 1.807) is 0 Å². The fraction of sp³-hybridized carbons (Fsp3) is 0.182. The van der Waals surface area contributed by atoms with Crippen LogP contribution in [0.2, 0.25) is 0 Å². The number of hydrogen-bond donors (Lipinski definition) is 1. The molecular weight excluding hydrogens is 382 g/mol. The van der Waals surface area contributed by atoms with Crippen LogP contribution in [0, 0.1) is 0 Å². The summed E-state index contributed by atoms with van der Waals surface area (Å²) in [6, 6.07) is 18.3. The molecule has 2 aromatic carbocycles. The van der Waals surface area contributed by atoms with E-state index in [2.05, 4.69) is 10.3 Å². The van der Waals surface area contributed by atoms with Crippen molar-refractivity contribution in [2.24, 2.45) is 0 Å². The van der Waals surface area contributed by atoms with E-state index in [-0.39, 0.29) is 6.54 Å². The normalized spacial score (nSPS) is 11.0. The number of anilines is 1. The van der Waals surface area contributed by atoms with E-state index >= 15 is 0 Å². The van der Waals surface area contributed by atoms with Crippen LogP contribution in [-0.4, -0.2) is 24.6 Å². The fourth-order valence-electron chi connectivity index (χ4n) is 3.40. The average molecular weight is 403 g/mol. The van der Waals surface area contributed by atoms with Crippen molar-refractivity contribution in [3.63, 3.8) is 0 Å². The Labute approximate surface area is 172 Å². The van der Waals surface area contributed by atoms with Crippen molar-refractivity contribution in [2.75, 3.05) is 5.32 Å². The standard InChI is InChI=1S/C22H21N5O3/c1-2-26-18-11-7-6-10-17(18)23-21(26)24-19(28)15-27-20(29)12-13-25(22(27)30)14-16-8-4-3-5-9-16/h3-13H,2,14-15H2,1H3,(H,23,24,28). The maximum Gasteiger partial charge on any atom is 0.331 e. The van der Waals surface area contributed by atoms with Crippen molar-refractivity contribution in [1.82, 2.24) is 18.7 Å².